The van der Waals surface area contributed by atoms with Crippen molar-refractivity contribution in [1.82, 2.24) is 15.1 Å². The Balaban J connectivity index is 1.82. The van der Waals surface area contributed by atoms with E-state index in [-0.39, 0.29) is 0 Å². The Morgan fingerprint density at radius 1 is 1.11 bits per heavy atom. The standard InChI is InChI=1S/C13H19N5O/c1-3-8-14-11-5-4-6-12(17-11)15-9-7-13-16-10(2)19-18-13/h4-6H,3,7-9H2,1-2H3,(H2,14,15,17). The number of aryl methyl sites for hydroxylation is 1. The SMILES string of the molecule is CCCNc1cccc(NCCc2noc(C)n2)n1. The summed E-state index contributed by atoms with van der Waals surface area (Å²) in [6.45, 7) is 5.57. The second kappa shape index (κ2) is 6.72. The van der Waals surface area contributed by atoms with Crippen LogP contribution in [0.5, 0.6) is 0 Å². The molecule has 2 heterocycles. The van der Waals surface area contributed by atoms with E-state index in [4.69, 9.17) is 4.52 Å². The Hall–Kier alpha value is -2.11. The third kappa shape index (κ3) is 4.24. The van der Waals surface area contributed by atoms with Crippen LogP contribution in [0.25, 0.3) is 0 Å². The van der Waals surface area contributed by atoms with Crippen LogP contribution in [0, 0.1) is 6.92 Å². The highest BCUT2D eigenvalue weighted by Gasteiger charge is 2.02. The largest absolute Gasteiger partial charge is 0.370 e. The summed E-state index contributed by atoms with van der Waals surface area (Å²) in [6, 6.07) is 5.88. The van der Waals surface area contributed by atoms with Crippen LogP contribution < -0.4 is 10.6 Å². The van der Waals surface area contributed by atoms with Gasteiger partial charge in [-0.2, -0.15) is 4.98 Å². The third-order valence-corrected chi connectivity index (χ3v) is 2.53. The van der Waals surface area contributed by atoms with Gasteiger partial charge in [0.15, 0.2) is 5.82 Å². The zero-order chi connectivity index (χ0) is 13.5. The fourth-order valence-corrected chi connectivity index (χ4v) is 1.63. The first-order valence-electron chi connectivity index (χ1n) is 6.52. The summed E-state index contributed by atoms with van der Waals surface area (Å²) in [7, 11) is 0. The van der Waals surface area contributed by atoms with Crippen molar-refractivity contribution in [3.05, 3.63) is 29.9 Å². The van der Waals surface area contributed by atoms with E-state index in [1.807, 2.05) is 18.2 Å². The van der Waals surface area contributed by atoms with Gasteiger partial charge in [-0.1, -0.05) is 18.1 Å². The second-order valence-corrected chi connectivity index (χ2v) is 4.24. The lowest BCUT2D eigenvalue weighted by Gasteiger charge is -2.07. The van der Waals surface area contributed by atoms with Crippen molar-refractivity contribution in [1.29, 1.82) is 0 Å². The quantitative estimate of drug-likeness (QED) is 0.796. The lowest BCUT2D eigenvalue weighted by molar-refractivity contribution is 0.387. The first kappa shape index (κ1) is 13.3. The molecule has 2 rings (SSSR count). The molecule has 0 atom stereocenters. The highest BCUT2D eigenvalue weighted by Crippen LogP contribution is 2.09. The van der Waals surface area contributed by atoms with Crippen LogP contribution in [0.4, 0.5) is 11.6 Å². The van der Waals surface area contributed by atoms with Gasteiger partial charge in [-0.15, -0.1) is 0 Å². The van der Waals surface area contributed by atoms with Crippen LogP contribution in [0.1, 0.15) is 25.1 Å². The maximum Gasteiger partial charge on any atom is 0.223 e. The minimum atomic E-state index is 0.596. The Morgan fingerprint density at radius 2 is 1.84 bits per heavy atom. The van der Waals surface area contributed by atoms with E-state index in [1.165, 1.54) is 0 Å². The molecule has 0 aliphatic carbocycles. The van der Waals surface area contributed by atoms with Gasteiger partial charge >= 0.3 is 0 Å². The van der Waals surface area contributed by atoms with Crippen molar-refractivity contribution in [2.75, 3.05) is 23.7 Å². The van der Waals surface area contributed by atoms with Gasteiger partial charge in [0.2, 0.25) is 5.89 Å². The fraction of sp³-hybridized carbons (Fsp3) is 0.462. The monoisotopic (exact) mass is 261 g/mol. The van der Waals surface area contributed by atoms with Crippen molar-refractivity contribution in [3.8, 4) is 0 Å². The Labute approximate surface area is 112 Å². The summed E-state index contributed by atoms with van der Waals surface area (Å²) in [4.78, 5) is 8.61. The number of pyridine rings is 1. The molecular formula is C13H19N5O. The molecule has 0 bridgehead atoms. The lowest BCUT2D eigenvalue weighted by Crippen LogP contribution is -2.09. The molecule has 6 nitrogen and oxygen atoms in total. The van der Waals surface area contributed by atoms with E-state index in [2.05, 4.69) is 32.7 Å². The Bertz CT molecular complexity index is 511. The van der Waals surface area contributed by atoms with E-state index in [0.29, 0.717) is 18.1 Å². The number of hydrogen-bond acceptors (Lipinski definition) is 6. The van der Waals surface area contributed by atoms with E-state index in [1.54, 1.807) is 6.92 Å². The minimum absolute atomic E-state index is 0.596. The van der Waals surface area contributed by atoms with Gasteiger partial charge in [0.25, 0.3) is 0 Å². The normalized spacial score (nSPS) is 10.4. The molecule has 19 heavy (non-hydrogen) atoms. The van der Waals surface area contributed by atoms with Crippen molar-refractivity contribution >= 4 is 11.6 Å². The number of anilines is 2. The number of hydrogen-bond donors (Lipinski definition) is 2. The van der Waals surface area contributed by atoms with Crippen LogP contribution in [0.3, 0.4) is 0 Å². The first-order chi connectivity index (χ1) is 9.28. The molecule has 0 amide bonds. The molecule has 102 valence electrons. The van der Waals surface area contributed by atoms with Gasteiger partial charge in [0.1, 0.15) is 11.6 Å². The Morgan fingerprint density at radius 3 is 2.47 bits per heavy atom. The molecule has 0 aromatic carbocycles. The number of nitrogens with zero attached hydrogens (tertiary/aromatic N) is 3. The molecule has 0 fully saturated rings. The smallest absolute Gasteiger partial charge is 0.223 e. The summed E-state index contributed by atoms with van der Waals surface area (Å²) in [6.07, 6.45) is 1.79. The molecule has 2 N–H and O–H groups in total. The molecule has 6 heteroatoms. The van der Waals surface area contributed by atoms with Crippen LogP contribution in [0.15, 0.2) is 22.7 Å². The van der Waals surface area contributed by atoms with Gasteiger partial charge in [0, 0.05) is 26.4 Å². The van der Waals surface area contributed by atoms with E-state index in [9.17, 15) is 0 Å². The average molecular weight is 261 g/mol. The van der Waals surface area contributed by atoms with Gasteiger partial charge in [-0.25, -0.2) is 4.98 Å². The van der Waals surface area contributed by atoms with Crippen molar-refractivity contribution < 1.29 is 4.52 Å². The highest BCUT2D eigenvalue weighted by atomic mass is 16.5. The van der Waals surface area contributed by atoms with Gasteiger partial charge < -0.3 is 15.2 Å². The van der Waals surface area contributed by atoms with Crippen molar-refractivity contribution in [2.24, 2.45) is 0 Å². The molecule has 0 aliphatic rings. The zero-order valence-electron chi connectivity index (χ0n) is 11.3. The summed E-state index contributed by atoms with van der Waals surface area (Å²) in [5.41, 5.74) is 0. The predicted molar refractivity (Wildman–Crippen MR) is 74.2 cm³/mol. The molecule has 0 aliphatic heterocycles. The molecule has 0 radical (unpaired) electrons. The summed E-state index contributed by atoms with van der Waals surface area (Å²) in [5, 5.41) is 10.3. The van der Waals surface area contributed by atoms with Gasteiger partial charge in [-0.3, -0.25) is 0 Å². The van der Waals surface area contributed by atoms with Crippen molar-refractivity contribution in [2.45, 2.75) is 26.7 Å². The van der Waals surface area contributed by atoms with E-state index >= 15 is 0 Å². The summed E-state index contributed by atoms with van der Waals surface area (Å²) in [5.74, 6) is 3.05. The van der Waals surface area contributed by atoms with Crippen LogP contribution in [0.2, 0.25) is 0 Å². The number of rotatable bonds is 7. The second-order valence-electron chi connectivity index (χ2n) is 4.24. The topological polar surface area (TPSA) is 75.9 Å². The minimum Gasteiger partial charge on any atom is -0.370 e. The van der Waals surface area contributed by atoms with Gasteiger partial charge in [0.05, 0.1) is 0 Å². The molecule has 0 saturated carbocycles. The van der Waals surface area contributed by atoms with Gasteiger partial charge in [-0.05, 0) is 18.6 Å². The van der Waals surface area contributed by atoms with E-state index in [0.717, 1.165) is 31.1 Å². The molecule has 2 aromatic heterocycles. The molecule has 0 saturated heterocycles. The molecular weight excluding hydrogens is 242 g/mol. The molecule has 2 aromatic rings. The number of aromatic nitrogens is 3. The highest BCUT2D eigenvalue weighted by molar-refractivity contribution is 5.45. The first-order valence-corrected chi connectivity index (χ1v) is 6.52. The van der Waals surface area contributed by atoms with E-state index < -0.39 is 0 Å². The lowest BCUT2D eigenvalue weighted by atomic mass is 10.3. The van der Waals surface area contributed by atoms with Crippen LogP contribution in [-0.4, -0.2) is 28.2 Å². The summed E-state index contributed by atoms with van der Waals surface area (Å²) < 4.78 is 4.92. The maximum atomic E-state index is 4.92. The van der Waals surface area contributed by atoms with Crippen LogP contribution >= 0.6 is 0 Å². The fourth-order valence-electron chi connectivity index (χ4n) is 1.63. The van der Waals surface area contributed by atoms with Crippen molar-refractivity contribution in [3.63, 3.8) is 0 Å². The molecule has 0 unspecified atom stereocenters. The maximum absolute atomic E-state index is 4.92. The average Bonchev–Trinajstić information content (AvgIpc) is 2.83. The Kier molecular flexibility index (Phi) is 4.72. The van der Waals surface area contributed by atoms with Crippen LogP contribution in [-0.2, 0) is 6.42 Å². The summed E-state index contributed by atoms with van der Waals surface area (Å²) >= 11 is 0. The molecule has 0 spiro atoms. The third-order valence-electron chi connectivity index (χ3n) is 2.53. The number of nitrogens with one attached hydrogen (secondary N) is 2. The predicted octanol–water partition coefficient (Wildman–Crippen LogP) is 2.25. The zero-order valence-corrected chi connectivity index (χ0v) is 11.3.